The zero-order valence-electron chi connectivity index (χ0n) is 12.2. The average Bonchev–Trinajstić information content (AvgIpc) is 3.03. The summed E-state index contributed by atoms with van der Waals surface area (Å²) in [5.41, 5.74) is 3.49. The smallest absolute Gasteiger partial charge is 0.251 e. The maximum absolute atomic E-state index is 12.0. The van der Waals surface area contributed by atoms with Gasteiger partial charge in [0.15, 0.2) is 5.76 Å². The molecule has 4 nitrogen and oxygen atoms in total. The van der Waals surface area contributed by atoms with Crippen molar-refractivity contribution in [2.45, 2.75) is 13.5 Å². The van der Waals surface area contributed by atoms with Gasteiger partial charge in [-0.05, 0) is 19.1 Å². The summed E-state index contributed by atoms with van der Waals surface area (Å²) in [6.07, 6.45) is 0. The first-order valence-electron chi connectivity index (χ1n) is 7.08. The number of benzene rings is 2. The molecule has 0 saturated carbocycles. The highest BCUT2D eigenvalue weighted by Crippen LogP contribution is 2.20. The lowest BCUT2D eigenvalue weighted by molar-refractivity contribution is 0.0950. The van der Waals surface area contributed by atoms with Crippen LogP contribution in [0, 0.1) is 6.92 Å². The van der Waals surface area contributed by atoms with Crippen LogP contribution in [0.25, 0.3) is 11.3 Å². The normalized spacial score (nSPS) is 10.4. The van der Waals surface area contributed by atoms with Gasteiger partial charge < -0.3 is 9.84 Å². The van der Waals surface area contributed by atoms with Crippen LogP contribution in [0.2, 0.25) is 0 Å². The van der Waals surface area contributed by atoms with Gasteiger partial charge in [0.2, 0.25) is 0 Å². The van der Waals surface area contributed by atoms with Crippen LogP contribution in [0.1, 0.15) is 21.6 Å². The molecule has 0 fully saturated rings. The summed E-state index contributed by atoms with van der Waals surface area (Å²) in [6.45, 7) is 2.37. The summed E-state index contributed by atoms with van der Waals surface area (Å²) in [7, 11) is 0. The van der Waals surface area contributed by atoms with Gasteiger partial charge >= 0.3 is 0 Å². The fourth-order valence-corrected chi connectivity index (χ4v) is 2.11. The molecule has 0 bridgehead atoms. The number of nitrogens with zero attached hydrogens (tertiary/aromatic N) is 1. The average molecular weight is 292 g/mol. The Balaban J connectivity index is 1.65. The standard InChI is InChI=1S/C18H16N2O2/c1-13-7-9-14(10-8-13)17-11-16(20-22-17)12-19-18(21)15-5-3-2-4-6-15/h2-11H,12H2,1H3,(H,19,21). The van der Waals surface area contributed by atoms with Crippen LogP contribution >= 0.6 is 0 Å². The molecule has 0 radical (unpaired) electrons. The molecule has 0 atom stereocenters. The highest BCUT2D eigenvalue weighted by atomic mass is 16.5. The van der Waals surface area contributed by atoms with E-state index in [2.05, 4.69) is 10.5 Å². The lowest BCUT2D eigenvalue weighted by Gasteiger charge is -2.01. The van der Waals surface area contributed by atoms with Crippen LogP contribution in [-0.2, 0) is 6.54 Å². The molecule has 1 N–H and O–H groups in total. The Morgan fingerprint density at radius 1 is 1.09 bits per heavy atom. The molecular formula is C18H16N2O2. The van der Waals surface area contributed by atoms with Gasteiger partial charge in [-0.25, -0.2) is 0 Å². The van der Waals surface area contributed by atoms with Crippen LogP contribution in [-0.4, -0.2) is 11.1 Å². The Labute approximate surface area is 128 Å². The minimum atomic E-state index is -0.125. The zero-order chi connectivity index (χ0) is 15.4. The van der Waals surface area contributed by atoms with E-state index in [1.165, 1.54) is 5.56 Å². The number of aromatic nitrogens is 1. The van der Waals surface area contributed by atoms with Crippen LogP contribution in [0.3, 0.4) is 0 Å². The summed E-state index contributed by atoms with van der Waals surface area (Å²) < 4.78 is 5.33. The Kier molecular flexibility index (Phi) is 4.01. The SMILES string of the molecule is Cc1ccc(-c2cc(CNC(=O)c3ccccc3)no2)cc1. The number of aryl methyl sites for hydroxylation is 1. The van der Waals surface area contributed by atoms with E-state index < -0.39 is 0 Å². The van der Waals surface area contributed by atoms with Gasteiger partial charge in [-0.1, -0.05) is 53.2 Å². The van der Waals surface area contributed by atoms with Crippen LogP contribution < -0.4 is 5.32 Å². The molecule has 0 aliphatic rings. The van der Waals surface area contributed by atoms with E-state index in [1.54, 1.807) is 12.1 Å². The lowest BCUT2D eigenvalue weighted by atomic mass is 10.1. The van der Waals surface area contributed by atoms with Crippen LogP contribution in [0.15, 0.2) is 65.2 Å². The largest absolute Gasteiger partial charge is 0.356 e. The van der Waals surface area contributed by atoms with E-state index in [1.807, 2.05) is 55.5 Å². The van der Waals surface area contributed by atoms with Crippen LogP contribution in [0.4, 0.5) is 0 Å². The Hall–Kier alpha value is -2.88. The van der Waals surface area contributed by atoms with Gasteiger partial charge in [0, 0.05) is 17.2 Å². The van der Waals surface area contributed by atoms with Crippen molar-refractivity contribution in [1.29, 1.82) is 0 Å². The molecule has 0 aliphatic carbocycles. The molecule has 1 amide bonds. The molecule has 0 aliphatic heterocycles. The molecular weight excluding hydrogens is 276 g/mol. The van der Waals surface area contributed by atoms with Crippen molar-refractivity contribution in [1.82, 2.24) is 10.5 Å². The molecule has 4 heteroatoms. The molecule has 2 aromatic carbocycles. The van der Waals surface area contributed by atoms with Crippen molar-refractivity contribution in [3.05, 3.63) is 77.5 Å². The van der Waals surface area contributed by atoms with E-state index >= 15 is 0 Å². The molecule has 0 saturated heterocycles. The summed E-state index contributed by atoms with van der Waals surface area (Å²) in [4.78, 5) is 12.0. The number of hydrogen-bond acceptors (Lipinski definition) is 3. The molecule has 0 spiro atoms. The van der Waals surface area contributed by atoms with Gasteiger partial charge in [0.05, 0.1) is 6.54 Å². The highest BCUT2D eigenvalue weighted by molar-refractivity contribution is 5.94. The Morgan fingerprint density at radius 2 is 1.82 bits per heavy atom. The fraction of sp³-hybridized carbons (Fsp3) is 0.111. The highest BCUT2D eigenvalue weighted by Gasteiger charge is 2.09. The Bertz CT molecular complexity index is 761. The number of nitrogens with one attached hydrogen (secondary N) is 1. The van der Waals surface area contributed by atoms with Crippen molar-refractivity contribution in [3.8, 4) is 11.3 Å². The minimum Gasteiger partial charge on any atom is -0.356 e. The first kappa shape index (κ1) is 14.1. The maximum atomic E-state index is 12.0. The van der Waals surface area contributed by atoms with Gasteiger partial charge in [-0.2, -0.15) is 0 Å². The number of carbonyl (C=O) groups excluding carboxylic acids is 1. The number of carbonyl (C=O) groups is 1. The summed E-state index contributed by atoms with van der Waals surface area (Å²) in [6, 6.07) is 19.0. The molecule has 110 valence electrons. The molecule has 3 aromatic rings. The second-order valence-corrected chi connectivity index (χ2v) is 5.10. The van der Waals surface area contributed by atoms with E-state index in [4.69, 9.17) is 4.52 Å². The van der Waals surface area contributed by atoms with Crippen molar-refractivity contribution >= 4 is 5.91 Å². The predicted molar refractivity (Wildman–Crippen MR) is 84.3 cm³/mol. The van der Waals surface area contributed by atoms with E-state index in [0.29, 0.717) is 23.6 Å². The second kappa shape index (κ2) is 6.26. The van der Waals surface area contributed by atoms with Crippen molar-refractivity contribution in [2.24, 2.45) is 0 Å². The molecule has 1 aromatic heterocycles. The van der Waals surface area contributed by atoms with Crippen molar-refractivity contribution in [2.75, 3.05) is 0 Å². The van der Waals surface area contributed by atoms with E-state index in [9.17, 15) is 4.79 Å². The van der Waals surface area contributed by atoms with Crippen LogP contribution in [0.5, 0.6) is 0 Å². The zero-order valence-corrected chi connectivity index (χ0v) is 12.2. The third-order valence-corrected chi connectivity index (χ3v) is 3.36. The first-order chi connectivity index (χ1) is 10.7. The quantitative estimate of drug-likeness (QED) is 0.799. The molecule has 22 heavy (non-hydrogen) atoms. The topological polar surface area (TPSA) is 55.1 Å². The fourth-order valence-electron chi connectivity index (χ4n) is 2.11. The number of rotatable bonds is 4. The maximum Gasteiger partial charge on any atom is 0.251 e. The lowest BCUT2D eigenvalue weighted by Crippen LogP contribution is -2.22. The monoisotopic (exact) mass is 292 g/mol. The van der Waals surface area contributed by atoms with Crippen molar-refractivity contribution < 1.29 is 9.32 Å². The van der Waals surface area contributed by atoms with E-state index in [0.717, 1.165) is 5.56 Å². The number of hydrogen-bond donors (Lipinski definition) is 1. The third-order valence-electron chi connectivity index (χ3n) is 3.36. The van der Waals surface area contributed by atoms with Gasteiger partial charge in [-0.15, -0.1) is 0 Å². The molecule has 0 unspecified atom stereocenters. The molecule has 1 heterocycles. The van der Waals surface area contributed by atoms with Gasteiger partial charge in [0.25, 0.3) is 5.91 Å². The second-order valence-electron chi connectivity index (χ2n) is 5.10. The summed E-state index contributed by atoms with van der Waals surface area (Å²) in [5.74, 6) is 0.574. The first-order valence-corrected chi connectivity index (χ1v) is 7.08. The summed E-state index contributed by atoms with van der Waals surface area (Å²) in [5, 5.41) is 6.82. The van der Waals surface area contributed by atoms with Crippen molar-refractivity contribution in [3.63, 3.8) is 0 Å². The van der Waals surface area contributed by atoms with Gasteiger partial charge in [-0.3, -0.25) is 4.79 Å². The Morgan fingerprint density at radius 3 is 2.55 bits per heavy atom. The third kappa shape index (κ3) is 3.23. The molecule has 3 rings (SSSR count). The van der Waals surface area contributed by atoms with E-state index in [-0.39, 0.29) is 5.91 Å². The predicted octanol–water partition coefficient (Wildman–Crippen LogP) is 3.58. The summed E-state index contributed by atoms with van der Waals surface area (Å²) >= 11 is 0. The minimum absolute atomic E-state index is 0.125. The number of amides is 1. The van der Waals surface area contributed by atoms with Gasteiger partial charge in [0.1, 0.15) is 5.69 Å².